The third kappa shape index (κ3) is 2.42. The standard InChI is InChI=1S/C13H13ClN2O3/c1-7-9(14)5-4-6-10(7)15-12(17)11-8(2)16(3)19-13(11)18/h4-6H,1-3H3,(H,15,17). The van der Waals surface area contributed by atoms with Crippen molar-refractivity contribution < 1.29 is 9.32 Å². The number of amides is 1. The first-order chi connectivity index (χ1) is 8.91. The second-order valence-corrected chi connectivity index (χ2v) is 4.61. The van der Waals surface area contributed by atoms with E-state index in [0.717, 1.165) is 5.56 Å². The molecule has 1 heterocycles. The summed E-state index contributed by atoms with van der Waals surface area (Å²) < 4.78 is 6.10. The molecule has 100 valence electrons. The van der Waals surface area contributed by atoms with E-state index < -0.39 is 11.5 Å². The van der Waals surface area contributed by atoms with Gasteiger partial charge in [0.2, 0.25) is 0 Å². The van der Waals surface area contributed by atoms with Crippen LogP contribution in [0.3, 0.4) is 0 Å². The number of benzene rings is 1. The molecule has 1 N–H and O–H groups in total. The van der Waals surface area contributed by atoms with E-state index in [-0.39, 0.29) is 5.56 Å². The first-order valence-corrected chi connectivity index (χ1v) is 6.03. The molecule has 0 fully saturated rings. The van der Waals surface area contributed by atoms with Gasteiger partial charge in [0.1, 0.15) is 5.56 Å². The molecule has 1 aromatic heterocycles. The Morgan fingerprint density at radius 1 is 1.37 bits per heavy atom. The summed E-state index contributed by atoms with van der Waals surface area (Å²) in [5.74, 6) is -0.503. The van der Waals surface area contributed by atoms with Gasteiger partial charge in [-0.3, -0.25) is 4.79 Å². The summed E-state index contributed by atoms with van der Waals surface area (Å²) >= 11 is 5.97. The van der Waals surface area contributed by atoms with Gasteiger partial charge in [0.05, 0.1) is 5.69 Å². The van der Waals surface area contributed by atoms with Gasteiger partial charge in [0, 0.05) is 17.8 Å². The molecule has 0 unspecified atom stereocenters. The minimum absolute atomic E-state index is 0.00174. The molecule has 0 aliphatic heterocycles. The van der Waals surface area contributed by atoms with Gasteiger partial charge in [-0.25, -0.2) is 9.53 Å². The maximum Gasteiger partial charge on any atom is 0.370 e. The minimum atomic E-state index is -0.655. The van der Waals surface area contributed by atoms with E-state index in [4.69, 9.17) is 16.1 Å². The molecule has 0 spiro atoms. The van der Waals surface area contributed by atoms with Crippen LogP contribution in [-0.4, -0.2) is 10.6 Å². The fourth-order valence-corrected chi connectivity index (χ4v) is 1.90. The molecule has 5 nitrogen and oxygen atoms in total. The lowest BCUT2D eigenvalue weighted by atomic mass is 10.2. The Labute approximate surface area is 114 Å². The van der Waals surface area contributed by atoms with Crippen molar-refractivity contribution in [1.82, 2.24) is 4.74 Å². The molecule has 0 atom stereocenters. The predicted octanol–water partition coefficient (Wildman–Crippen LogP) is 2.50. The van der Waals surface area contributed by atoms with Crippen LogP contribution in [0.15, 0.2) is 27.5 Å². The summed E-state index contributed by atoms with van der Waals surface area (Å²) in [5.41, 5.74) is 1.14. The Kier molecular flexibility index (Phi) is 3.48. The Hall–Kier alpha value is -2.01. The summed E-state index contributed by atoms with van der Waals surface area (Å²) in [6, 6.07) is 5.18. The number of aromatic nitrogens is 1. The first kappa shape index (κ1) is 13.4. The zero-order valence-electron chi connectivity index (χ0n) is 10.8. The highest BCUT2D eigenvalue weighted by molar-refractivity contribution is 6.31. The molecule has 2 aromatic rings. The van der Waals surface area contributed by atoms with Gasteiger partial charge in [-0.2, -0.15) is 0 Å². The molecule has 0 aliphatic rings. The summed E-state index contributed by atoms with van der Waals surface area (Å²) in [6.45, 7) is 3.43. The van der Waals surface area contributed by atoms with Crippen LogP contribution in [0.25, 0.3) is 0 Å². The lowest BCUT2D eigenvalue weighted by Crippen LogP contribution is -2.19. The number of carbonyl (C=O) groups excluding carboxylic acids is 1. The molecule has 0 aliphatic carbocycles. The van der Waals surface area contributed by atoms with Gasteiger partial charge in [0.25, 0.3) is 5.91 Å². The van der Waals surface area contributed by atoms with E-state index in [1.165, 1.54) is 4.74 Å². The number of rotatable bonds is 2. The van der Waals surface area contributed by atoms with Crippen molar-refractivity contribution in [2.24, 2.45) is 7.05 Å². The highest BCUT2D eigenvalue weighted by Gasteiger charge is 2.20. The molecule has 1 amide bonds. The Morgan fingerprint density at radius 2 is 2.05 bits per heavy atom. The first-order valence-electron chi connectivity index (χ1n) is 5.65. The van der Waals surface area contributed by atoms with Crippen LogP contribution in [0.2, 0.25) is 5.02 Å². The minimum Gasteiger partial charge on any atom is -0.336 e. The second kappa shape index (κ2) is 4.93. The molecular formula is C13H13ClN2O3. The van der Waals surface area contributed by atoms with Crippen molar-refractivity contribution in [2.45, 2.75) is 13.8 Å². The topological polar surface area (TPSA) is 64.2 Å². The number of hydrogen-bond donors (Lipinski definition) is 1. The van der Waals surface area contributed by atoms with Gasteiger partial charge in [-0.15, -0.1) is 0 Å². The fraction of sp³-hybridized carbons (Fsp3) is 0.231. The van der Waals surface area contributed by atoms with Crippen molar-refractivity contribution in [3.8, 4) is 0 Å². The average molecular weight is 281 g/mol. The van der Waals surface area contributed by atoms with E-state index >= 15 is 0 Å². The smallest absolute Gasteiger partial charge is 0.336 e. The van der Waals surface area contributed by atoms with Gasteiger partial charge in [0.15, 0.2) is 0 Å². The van der Waals surface area contributed by atoms with E-state index in [2.05, 4.69) is 5.32 Å². The maximum absolute atomic E-state index is 12.1. The number of carbonyl (C=O) groups is 1. The lowest BCUT2D eigenvalue weighted by Gasteiger charge is -2.08. The monoisotopic (exact) mass is 280 g/mol. The Bertz CT molecular complexity index is 700. The molecule has 0 bridgehead atoms. The molecular weight excluding hydrogens is 268 g/mol. The largest absolute Gasteiger partial charge is 0.370 e. The molecule has 1 aromatic carbocycles. The number of nitrogens with one attached hydrogen (secondary N) is 1. The van der Waals surface area contributed by atoms with Gasteiger partial charge < -0.3 is 9.84 Å². The normalized spacial score (nSPS) is 10.5. The van der Waals surface area contributed by atoms with Crippen LogP contribution in [-0.2, 0) is 7.05 Å². The zero-order valence-corrected chi connectivity index (χ0v) is 11.5. The summed E-state index contributed by atoms with van der Waals surface area (Å²) in [5, 5.41) is 3.22. The number of nitrogens with zero attached hydrogens (tertiary/aromatic N) is 1. The molecule has 0 radical (unpaired) electrons. The van der Waals surface area contributed by atoms with E-state index in [0.29, 0.717) is 16.4 Å². The molecule has 0 saturated carbocycles. The summed E-state index contributed by atoms with van der Waals surface area (Å²) in [6.07, 6.45) is 0. The highest BCUT2D eigenvalue weighted by atomic mass is 35.5. The predicted molar refractivity (Wildman–Crippen MR) is 72.8 cm³/mol. The lowest BCUT2D eigenvalue weighted by molar-refractivity contribution is 0.102. The van der Waals surface area contributed by atoms with Crippen LogP contribution in [0.5, 0.6) is 0 Å². The molecule has 2 rings (SSSR count). The van der Waals surface area contributed by atoms with Crippen molar-refractivity contribution in [1.29, 1.82) is 0 Å². The summed E-state index contributed by atoms with van der Waals surface area (Å²) in [7, 11) is 1.57. The van der Waals surface area contributed by atoms with Gasteiger partial charge in [-0.05, 0) is 31.5 Å². The molecule has 0 saturated heterocycles. The van der Waals surface area contributed by atoms with Crippen molar-refractivity contribution in [3.05, 3.63) is 50.5 Å². The van der Waals surface area contributed by atoms with Crippen molar-refractivity contribution in [2.75, 3.05) is 5.32 Å². The van der Waals surface area contributed by atoms with Crippen LogP contribution in [0.4, 0.5) is 5.69 Å². The van der Waals surface area contributed by atoms with E-state index in [9.17, 15) is 9.59 Å². The third-order valence-corrected chi connectivity index (χ3v) is 3.41. The second-order valence-electron chi connectivity index (χ2n) is 4.20. The van der Waals surface area contributed by atoms with Gasteiger partial charge in [-0.1, -0.05) is 17.7 Å². The van der Waals surface area contributed by atoms with E-state index in [1.807, 2.05) is 0 Å². The van der Waals surface area contributed by atoms with Crippen LogP contribution < -0.4 is 10.9 Å². The van der Waals surface area contributed by atoms with Crippen LogP contribution >= 0.6 is 11.6 Å². The number of aryl methyl sites for hydroxylation is 1. The van der Waals surface area contributed by atoms with Gasteiger partial charge >= 0.3 is 5.63 Å². The van der Waals surface area contributed by atoms with E-state index in [1.54, 1.807) is 39.1 Å². The Morgan fingerprint density at radius 3 is 2.63 bits per heavy atom. The number of hydrogen-bond acceptors (Lipinski definition) is 3. The highest BCUT2D eigenvalue weighted by Crippen LogP contribution is 2.23. The molecule has 19 heavy (non-hydrogen) atoms. The van der Waals surface area contributed by atoms with Crippen molar-refractivity contribution in [3.63, 3.8) is 0 Å². The zero-order chi connectivity index (χ0) is 14.2. The number of halogens is 1. The maximum atomic E-state index is 12.1. The van der Waals surface area contributed by atoms with Crippen LogP contribution in [0.1, 0.15) is 21.6 Å². The quantitative estimate of drug-likeness (QED) is 0.919. The average Bonchev–Trinajstić information content (AvgIpc) is 2.59. The van der Waals surface area contributed by atoms with Crippen molar-refractivity contribution >= 4 is 23.2 Å². The Balaban J connectivity index is 2.36. The van der Waals surface area contributed by atoms with Crippen LogP contribution in [0, 0.1) is 13.8 Å². The number of anilines is 1. The third-order valence-electron chi connectivity index (χ3n) is 3.00. The summed E-state index contributed by atoms with van der Waals surface area (Å²) in [4.78, 5) is 23.7. The SMILES string of the molecule is Cc1c(Cl)cccc1NC(=O)c1c(C)n(C)oc1=O. The fourth-order valence-electron chi connectivity index (χ4n) is 1.73. The molecule has 6 heteroatoms.